The van der Waals surface area contributed by atoms with Crippen LogP contribution in [0.2, 0.25) is 0 Å². The average molecular weight is 477 g/mol. The van der Waals surface area contributed by atoms with E-state index < -0.39 is 18.0 Å². The van der Waals surface area contributed by atoms with Crippen molar-refractivity contribution in [2.24, 2.45) is 11.8 Å². The highest BCUT2D eigenvalue weighted by Crippen LogP contribution is 2.33. The molecule has 0 amide bonds. The number of carboxylic acid groups (broad SMARTS) is 1. The fraction of sp³-hybridized carbons (Fsp3) is 0.448. The summed E-state index contributed by atoms with van der Waals surface area (Å²) >= 11 is 0. The lowest BCUT2D eigenvalue weighted by Gasteiger charge is -2.37. The van der Waals surface area contributed by atoms with Gasteiger partial charge in [-0.15, -0.1) is 0 Å². The summed E-state index contributed by atoms with van der Waals surface area (Å²) in [5.41, 5.74) is 4.31. The summed E-state index contributed by atoms with van der Waals surface area (Å²) < 4.78 is 5.34. The number of rotatable bonds is 10. The van der Waals surface area contributed by atoms with Crippen molar-refractivity contribution in [3.8, 4) is 5.75 Å². The van der Waals surface area contributed by atoms with E-state index in [2.05, 4.69) is 41.1 Å². The van der Waals surface area contributed by atoms with Gasteiger partial charge in [-0.25, -0.2) is 0 Å². The van der Waals surface area contributed by atoms with Crippen molar-refractivity contribution in [1.82, 2.24) is 9.88 Å². The van der Waals surface area contributed by atoms with Gasteiger partial charge in [0.25, 0.3) is 0 Å². The first-order chi connectivity index (χ1) is 17.0. The molecule has 1 aliphatic rings. The molecule has 1 saturated heterocycles. The Balaban J connectivity index is 1.34. The number of aliphatic hydroxyl groups is 1. The van der Waals surface area contributed by atoms with Crippen molar-refractivity contribution in [3.63, 3.8) is 0 Å². The number of methoxy groups -OCH3 is 1. The van der Waals surface area contributed by atoms with E-state index >= 15 is 0 Å². The van der Waals surface area contributed by atoms with Crippen LogP contribution in [0, 0.1) is 18.8 Å². The molecule has 1 aliphatic heterocycles. The van der Waals surface area contributed by atoms with E-state index in [1.165, 1.54) is 11.1 Å². The molecule has 1 aromatic heterocycles. The zero-order valence-corrected chi connectivity index (χ0v) is 20.7. The molecule has 3 aromatic rings. The molecule has 2 heterocycles. The van der Waals surface area contributed by atoms with Crippen LogP contribution >= 0.6 is 0 Å². The van der Waals surface area contributed by atoms with Crippen LogP contribution in [0.4, 0.5) is 0 Å². The van der Waals surface area contributed by atoms with E-state index in [0.717, 1.165) is 54.6 Å². The lowest BCUT2D eigenvalue weighted by atomic mass is 9.81. The van der Waals surface area contributed by atoms with Gasteiger partial charge < -0.3 is 19.8 Å². The number of aliphatic hydroxyl groups excluding tert-OH is 1. The standard InChI is InChI=1S/C29H36N2O4/c1-20-6-3-4-7-21(20)8-5-16-31-17-14-22(26(19-31)29(33)34)9-12-28(32)24-13-15-30-27-11-10-23(35-2)18-25(24)27/h3-4,6-7,10-11,13,15,18,22,26,28,32H,5,8-9,12,14,16-17,19H2,1-2H3,(H,33,34)/t22-,26+,28?/m1/s1. The second-order valence-corrected chi connectivity index (χ2v) is 9.70. The summed E-state index contributed by atoms with van der Waals surface area (Å²) in [6.07, 6.45) is 5.14. The van der Waals surface area contributed by atoms with Gasteiger partial charge in [0.15, 0.2) is 0 Å². The smallest absolute Gasteiger partial charge is 0.308 e. The first-order valence-electron chi connectivity index (χ1n) is 12.6. The quantitative estimate of drug-likeness (QED) is 0.428. The predicted octanol–water partition coefficient (Wildman–Crippen LogP) is 5.02. The molecule has 186 valence electrons. The number of aryl methyl sites for hydroxylation is 2. The van der Waals surface area contributed by atoms with Crippen LogP contribution in [-0.4, -0.2) is 52.8 Å². The highest BCUT2D eigenvalue weighted by atomic mass is 16.5. The minimum atomic E-state index is -0.729. The summed E-state index contributed by atoms with van der Waals surface area (Å²) in [6, 6.07) is 15.9. The van der Waals surface area contributed by atoms with Crippen molar-refractivity contribution in [1.29, 1.82) is 0 Å². The maximum absolute atomic E-state index is 12.1. The average Bonchev–Trinajstić information content (AvgIpc) is 2.88. The molecule has 2 aromatic carbocycles. The van der Waals surface area contributed by atoms with Crippen molar-refractivity contribution in [2.45, 2.75) is 45.1 Å². The number of hydrogen-bond donors (Lipinski definition) is 2. The van der Waals surface area contributed by atoms with E-state index in [1.807, 2.05) is 24.3 Å². The summed E-state index contributed by atoms with van der Waals surface area (Å²) in [6.45, 7) is 4.55. The Morgan fingerprint density at radius 2 is 2.06 bits per heavy atom. The van der Waals surface area contributed by atoms with Gasteiger partial charge in [-0.1, -0.05) is 24.3 Å². The molecule has 6 nitrogen and oxygen atoms in total. The third-order valence-electron chi connectivity index (χ3n) is 7.49. The Hall–Kier alpha value is -2.96. The number of carbonyl (C=O) groups is 1. The van der Waals surface area contributed by atoms with Gasteiger partial charge >= 0.3 is 5.97 Å². The number of pyridine rings is 1. The highest BCUT2D eigenvalue weighted by molar-refractivity contribution is 5.83. The Kier molecular flexibility index (Phi) is 8.37. The predicted molar refractivity (Wildman–Crippen MR) is 138 cm³/mol. The third-order valence-corrected chi connectivity index (χ3v) is 7.49. The van der Waals surface area contributed by atoms with Crippen LogP contribution in [-0.2, 0) is 11.2 Å². The number of aromatic nitrogens is 1. The van der Waals surface area contributed by atoms with Gasteiger partial charge in [0.1, 0.15) is 5.75 Å². The zero-order chi connectivity index (χ0) is 24.8. The van der Waals surface area contributed by atoms with Crippen LogP contribution < -0.4 is 4.74 Å². The Bertz CT molecular complexity index is 1150. The fourth-order valence-corrected chi connectivity index (χ4v) is 5.37. The maximum atomic E-state index is 12.1. The number of hydrogen-bond acceptors (Lipinski definition) is 5. The summed E-state index contributed by atoms with van der Waals surface area (Å²) in [7, 11) is 1.62. The minimum Gasteiger partial charge on any atom is -0.497 e. The normalized spacial score (nSPS) is 19.5. The molecule has 2 N–H and O–H groups in total. The molecular formula is C29H36N2O4. The summed E-state index contributed by atoms with van der Waals surface area (Å²) in [4.78, 5) is 18.8. The number of ether oxygens (including phenoxy) is 1. The molecule has 6 heteroatoms. The van der Waals surface area contributed by atoms with Gasteiger partial charge in [0, 0.05) is 18.1 Å². The van der Waals surface area contributed by atoms with E-state index in [1.54, 1.807) is 13.3 Å². The zero-order valence-electron chi connectivity index (χ0n) is 20.7. The largest absolute Gasteiger partial charge is 0.497 e. The van der Waals surface area contributed by atoms with Crippen molar-refractivity contribution < 1.29 is 19.7 Å². The van der Waals surface area contributed by atoms with Crippen molar-refractivity contribution >= 4 is 16.9 Å². The maximum Gasteiger partial charge on any atom is 0.308 e. The number of piperidine rings is 1. The highest BCUT2D eigenvalue weighted by Gasteiger charge is 2.34. The van der Waals surface area contributed by atoms with E-state index in [-0.39, 0.29) is 5.92 Å². The van der Waals surface area contributed by atoms with E-state index in [4.69, 9.17) is 4.74 Å². The van der Waals surface area contributed by atoms with Gasteiger partial charge in [0.2, 0.25) is 0 Å². The van der Waals surface area contributed by atoms with Crippen molar-refractivity contribution in [2.75, 3.05) is 26.7 Å². The lowest BCUT2D eigenvalue weighted by molar-refractivity contribution is -0.146. The van der Waals surface area contributed by atoms with Crippen molar-refractivity contribution in [3.05, 3.63) is 71.4 Å². The molecule has 3 atom stereocenters. The molecule has 4 rings (SSSR count). The van der Waals surface area contributed by atoms with E-state index in [9.17, 15) is 15.0 Å². The Labute approximate surface area is 207 Å². The second-order valence-electron chi connectivity index (χ2n) is 9.70. The molecule has 1 unspecified atom stereocenters. The second kappa shape index (κ2) is 11.6. The molecule has 0 radical (unpaired) electrons. The first-order valence-corrected chi connectivity index (χ1v) is 12.6. The molecule has 35 heavy (non-hydrogen) atoms. The first kappa shape index (κ1) is 25.1. The van der Waals surface area contributed by atoms with Crippen LogP contribution in [0.25, 0.3) is 10.9 Å². The molecule has 1 fully saturated rings. The fourth-order valence-electron chi connectivity index (χ4n) is 5.37. The van der Waals surface area contributed by atoms with E-state index in [0.29, 0.717) is 19.4 Å². The number of carboxylic acids is 1. The van der Waals surface area contributed by atoms with Crippen LogP contribution in [0.1, 0.15) is 48.5 Å². The Morgan fingerprint density at radius 3 is 2.83 bits per heavy atom. The van der Waals surface area contributed by atoms with Gasteiger partial charge in [0.05, 0.1) is 24.6 Å². The number of likely N-dealkylation sites (tertiary alicyclic amines) is 1. The van der Waals surface area contributed by atoms with Crippen LogP contribution in [0.15, 0.2) is 54.7 Å². The molecular weight excluding hydrogens is 440 g/mol. The van der Waals surface area contributed by atoms with Gasteiger partial charge in [-0.2, -0.15) is 0 Å². The molecule has 0 bridgehead atoms. The molecule has 0 spiro atoms. The van der Waals surface area contributed by atoms with Crippen LogP contribution in [0.5, 0.6) is 5.75 Å². The SMILES string of the molecule is COc1ccc2nccc(C(O)CC[C@@H]3CCN(CCCc4ccccc4C)C[C@@H]3C(=O)O)c2c1. The molecule has 0 aliphatic carbocycles. The number of benzene rings is 2. The topological polar surface area (TPSA) is 82.9 Å². The summed E-state index contributed by atoms with van der Waals surface area (Å²) in [5.74, 6) is -0.340. The van der Waals surface area contributed by atoms with Gasteiger partial charge in [-0.3, -0.25) is 9.78 Å². The van der Waals surface area contributed by atoms with Gasteiger partial charge in [-0.05, 0) is 99.0 Å². The lowest BCUT2D eigenvalue weighted by Crippen LogP contribution is -2.44. The number of aliphatic carboxylic acids is 1. The Morgan fingerprint density at radius 1 is 1.23 bits per heavy atom. The number of nitrogens with zero attached hydrogens (tertiary/aromatic N) is 2. The monoisotopic (exact) mass is 476 g/mol. The molecule has 0 saturated carbocycles. The third kappa shape index (κ3) is 6.19. The van der Waals surface area contributed by atoms with Crippen LogP contribution in [0.3, 0.4) is 0 Å². The number of fused-ring (bicyclic) bond motifs is 1. The summed E-state index contributed by atoms with van der Waals surface area (Å²) in [5, 5.41) is 21.8. The minimum absolute atomic E-state index is 0.0670.